The Labute approximate surface area is 239 Å². The molecule has 4 aromatic rings. The van der Waals surface area contributed by atoms with Gasteiger partial charge in [0.1, 0.15) is 23.5 Å². The second-order valence-electron chi connectivity index (χ2n) is 9.98. The van der Waals surface area contributed by atoms with Crippen LogP contribution in [0.2, 0.25) is 0 Å². The molecule has 1 saturated heterocycles. The average Bonchev–Trinajstić information content (AvgIpc) is 3.72. The number of aryl methyl sites for hydroxylation is 1. The second-order valence-corrected chi connectivity index (χ2v) is 9.98. The standard InChI is InChI=1S/C26H28F3N7O.2C2H6/c1-36-14-31-35-25(36)22(15-4-2-5-15)16-6-3-7-17(10-16)23-19-11-21(26(27,28)29)32-20(24(19)34-33-23)12-30-18-8-9-37-13-18;2*1-2/h3,6-7,10-11,14-15,18,22,30H,2,4-5,8-9,12-13H2,1H3,(H,33,34);2*1-2H3. The highest BCUT2D eigenvalue weighted by Gasteiger charge is 2.35. The Hall–Kier alpha value is -3.31. The van der Waals surface area contributed by atoms with Crippen LogP contribution in [-0.2, 0) is 24.5 Å². The zero-order chi connectivity index (χ0) is 29.6. The lowest BCUT2D eigenvalue weighted by molar-refractivity contribution is -0.141. The molecule has 2 unspecified atom stereocenters. The summed E-state index contributed by atoms with van der Waals surface area (Å²) < 4.78 is 48.8. The highest BCUT2D eigenvalue weighted by molar-refractivity contribution is 5.94. The van der Waals surface area contributed by atoms with E-state index in [-0.39, 0.29) is 24.2 Å². The van der Waals surface area contributed by atoms with E-state index in [1.54, 1.807) is 6.33 Å². The summed E-state index contributed by atoms with van der Waals surface area (Å²) in [5, 5.41) is 19.6. The highest BCUT2D eigenvalue weighted by atomic mass is 19.4. The van der Waals surface area contributed by atoms with E-state index in [4.69, 9.17) is 4.74 Å². The van der Waals surface area contributed by atoms with E-state index in [0.29, 0.717) is 35.7 Å². The quantitative estimate of drug-likeness (QED) is 0.259. The lowest BCUT2D eigenvalue weighted by Crippen LogP contribution is -2.29. The molecule has 0 spiro atoms. The van der Waals surface area contributed by atoms with Crippen LogP contribution in [-0.4, -0.2) is 49.2 Å². The molecule has 0 radical (unpaired) electrons. The minimum atomic E-state index is -4.57. The van der Waals surface area contributed by atoms with Crippen LogP contribution in [0.25, 0.3) is 22.2 Å². The number of aromatic amines is 1. The third kappa shape index (κ3) is 6.62. The van der Waals surface area contributed by atoms with Crippen molar-refractivity contribution < 1.29 is 17.9 Å². The predicted molar refractivity (Wildman–Crippen MR) is 153 cm³/mol. The summed E-state index contributed by atoms with van der Waals surface area (Å²) in [7, 11) is 1.94. The molecule has 3 aromatic heterocycles. The maximum Gasteiger partial charge on any atom is 0.433 e. The summed E-state index contributed by atoms with van der Waals surface area (Å²) in [6, 6.07) is 9.08. The van der Waals surface area contributed by atoms with Gasteiger partial charge in [-0.25, -0.2) is 4.98 Å². The van der Waals surface area contributed by atoms with Gasteiger partial charge in [-0.2, -0.15) is 18.3 Å². The number of nitrogens with zero attached hydrogens (tertiary/aromatic N) is 5. The summed E-state index contributed by atoms with van der Waals surface area (Å²) in [6.07, 6.45) is 1.34. The third-order valence-electron chi connectivity index (χ3n) is 7.57. The van der Waals surface area contributed by atoms with Gasteiger partial charge in [0.05, 0.1) is 17.8 Å². The average molecular weight is 572 g/mol. The molecule has 1 aliphatic carbocycles. The van der Waals surface area contributed by atoms with Crippen LogP contribution in [0.3, 0.4) is 0 Å². The van der Waals surface area contributed by atoms with Gasteiger partial charge < -0.3 is 14.6 Å². The fourth-order valence-electron chi connectivity index (χ4n) is 5.37. The van der Waals surface area contributed by atoms with Gasteiger partial charge in [0, 0.05) is 43.1 Å². The number of ether oxygens (including phenoxy) is 1. The van der Waals surface area contributed by atoms with Crippen LogP contribution < -0.4 is 5.32 Å². The van der Waals surface area contributed by atoms with Gasteiger partial charge in [-0.3, -0.25) is 5.10 Å². The summed E-state index contributed by atoms with van der Waals surface area (Å²) >= 11 is 0. The molecule has 222 valence electrons. The number of aromatic nitrogens is 6. The van der Waals surface area contributed by atoms with Gasteiger partial charge in [0.15, 0.2) is 0 Å². The monoisotopic (exact) mass is 571 g/mol. The minimum absolute atomic E-state index is 0.0622. The molecule has 0 bridgehead atoms. The largest absolute Gasteiger partial charge is 0.433 e. The second kappa shape index (κ2) is 13.6. The van der Waals surface area contributed by atoms with Crippen molar-refractivity contribution in [1.82, 2.24) is 35.3 Å². The molecule has 41 heavy (non-hydrogen) atoms. The van der Waals surface area contributed by atoms with Crippen molar-refractivity contribution in [3.05, 3.63) is 59.4 Å². The van der Waals surface area contributed by atoms with Crippen LogP contribution in [0.15, 0.2) is 36.7 Å². The molecule has 8 nitrogen and oxygen atoms in total. The fourth-order valence-corrected chi connectivity index (χ4v) is 5.37. The molecule has 2 atom stereocenters. The van der Waals surface area contributed by atoms with E-state index < -0.39 is 11.9 Å². The molecule has 4 heterocycles. The van der Waals surface area contributed by atoms with E-state index in [9.17, 15) is 13.2 Å². The number of hydrogen-bond donors (Lipinski definition) is 2. The van der Waals surface area contributed by atoms with Crippen LogP contribution in [0.1, 0.15) is 82.1 Å². The first-order chi connectivity index (χ1) is 19.9. The van der Waals surface area contributed by atoms with Gasteiger partial charge in [-0.1, -0.05) is 52.3 Å². The van der Waals surface area contributed by atoms with Crippen molar-refractivity contribution in [3.8, 4) is 11.3 Å². The Kier molecular flexibility index (Phi) is 10.1. The Morgan fingerprint density at radius 2 is 1.90 bits per heavy atom. The number of H-pyrrole nitrogens is 1. The molecular formula is C30H40F3N7O. The van der Waals surface area contributed by atoms with Crippen LogP contribution in [0.5, 0.6) is 0 Å². The van der Waals surface area contributed by atoms with Gasteiger partial charge in [0.25, 0.3) is 0 Å². The van der Waals surface area contributed by atoms with Crippen LogP contribution in [0.4, 0.5) is 13.2 Å². The first-order valence-electron chi connectivity index (χ1n) is 14.6. The van der Waals surface area contributed by atoms with Gasteiger partial charge in [-0.15, -0.1) is 10.2 Å². The van der Waals surface area contributed by atoms with E-state index >= 15 is 0 Å². The lowest BCUT2D eigenvalue weighted by atomic mass is 9.72. The molecule has 1 aromatic carbocycles. The Morgan fingerprint density at radius 3 is 2.51 bits per heavy atom. The Morgan fingerprint density at radius 1 is 1.12 bits per heavy atom. The number of pyridine rings is 1. The molecule has 11 heteroatoms. The topological polar surface area (TPSA) is 93.5 Å². The minimum Gasteiger partial charge on any atom is -0.380 e. The Balaban J connectivity index is 0.000000929. The van der Waals surface area contributed by atoms with E-state index in [2.05, 4.69) is 36.8 Å². The molecule has 6 rings (SSSR count). The van der Waals surface area contributed by atoms with Gasteiger partial charge in [-0.05, 0) is 42.9 Å². The molecule has 1 saturated carbocycles. The maximum atomic E-state index is 13.8. The SMILES string of the molecule is CC.CC.Cn1cnnc1C(c1cccc(-c2n[nH]c3c(CNC4CCOC4)nc(C(F)(F)F)cc23)c1)C1CCC1. The van der Waals surface area contributed by atoms with Gasteiger partial charge in [0.2, 0.25) is 0 Å². The molecule has 1 aliphatic heterocycles. The van der Waals surface area contributed by atoms with E-state index in [1.165, 1.54) is 6.42 Å². The number of fused-ring (bicyclic) bond motifs is 1. The predicted octanol–water partition coefficient (Wildman–Crippen LogP) is 6.64. The fraction of sp³-hybridized carbons (Fsp3) is 0.533. The van der Waals surface area contributed by atoms with Crippen molar-refractivity contribution in [2.75, 3.05) is 13.2 Å². The smallest absolute Gasteiger partial charge is 0.380 e. The molecule has 0 amide bonds. The number of alkyl halides is 3. The lowest BCUT2D eigenvalue weighted by Gasteiger charge is -2.33. The van der Waals surface area contributed by atoms with Crippen molar-refractivity contribution in [1.29, 1.82) is 0 Å². The summed E-state index contributed by atoms with van der Waals surface area (Å²) in [5.41, 5.74) is 2.15. The Bertz CT molecular complexity index is 1400. The zero-order valence-corrected chi connectivity index (χ0v) is 24.4. The third-order valence-corrected chi connectivity index (χ3v) is 7.57. The van der Waals surface area contributed by atoms with Crippen molar-refractivity contribution in [3.63, 3.8) is 0 Å². The van der Waals surface area contributed by atoms with E-state index in [0.717, 1.165) is 42.3 Å². The number of benzene rings is 1. The first-order valence-corrected chi connectivity index (χ1v) is 14.6. The molecular weight excluding hydrogens is 531 g/mol. The van der Waals surface area contributed by atoms with Gasteiger partial charge >= 0.3 is 6.18 Å². The molecule has 2 aliphatic rings. The number of rotatable bonds is 7. The zero-order valence-electron chi connectivity index (χ0n) is 24.4. The van der Waals surface area contributed by atoms with E-state index in [1.807, 2.05) is 57.5 Å². The normalized spacial score (nSPS) is 17.8. The number of hydrogen-bond acceptors (Lipinski definition) is 6. The van der Waals surface area contributed by atoms with Crippen molar-refractivity contribution >= 4 is 10.9 Å². The van der Waals surface area contributed by atoms with Crippen LogP contribution >= 0.6 is 0 Å². The van der Waals surface area contributed by atoms with Crippen molar-refractivity contribution in [2.45, 2.75) is 78.1 Å². The maximum absolute atomic E-state index is 13.8. The molecule has 2 fully saturated rings. The summed E-state index contributed by atoms with van der Waals surface area (Å²) in [6.45, 7) is 9.37. The first kappa shape index (κ1) is 30.6. The summed E-state index contributed by atoms with van der Waals surface area (Å²) in [4.78, 5) is 3.95. The molecule has 2 N–H and O–H groups in total. The highest BCUT2D eigenvalue weighted by Crippen LogP contribution is 2.43. The van der Waals surface area contributed by atoms with Crippen molar-refractivity contribution in [2.24, 2.45) is 13.0 Å². The van der Waals surface area contributed by atoms with Crippen LogP contribution in [0, 0.1) is 5.92 Å². The number of nitrogens with one attached hydrogen (secondary N) is 2. The number of halogens is 3. The summed E-state index contributed by atoms with van der Waals surface area (Å²) in [5.74, 6) is 1.40.